The zero-order chi connectivity index (χ0) is 20.5. The van der Waals surface area contributed by atoms with E-state index in [9.17, 15) is 19.5 Å². The van der Waals surface area contributed by atoms with E-state index < -0.39 is 34.4 Å². The highest BCUT2D eigenvalue weighted by atomic mass is 32.2. The molecule has 2 amide bonds. The molecule has 2 aliphatic rings. The number of nitrogens with zero attached hydrogens (tertiary/aromatic N) is 2. The Hall–Kier alpha value is -2.56. The van der Waals surface area contributed by atoms with Crippen LogP contribution in [0.15, 0.2) is 54.0 Å². The van der Waals surface area contributed by atoms with Crippen molar-refractivity contribution in [2.75, 3.05) is 5.75 Å². The van der Waals surface area contributed by atoms with Crippen molar-refractivity contribution in [1.82, 2.24) is 20.4 Å². The summed E-state index contributed by atoms with van der Waals surface area (Å²) in [6, 6.07) is 7.69. The van der Waals surface area contributed by atoms with Crippen molar-refractivity contribution in [3.8, 4) is 0 Å². The topological polar surface area (TPSA) is 115 Å². The van der Waals surface area contributed by atoms with Gasteiger partial charge in [0.2, 0.25) is 5.12 Å². The van der Waals surface area contributed by atoms with Gasteiger partial charge in [-0.25, -0.2) is 0 Å². The molecule has 1 aromatic carbocycles. The fourth-order valence-corrected chi connectivity index (χ4v) is 5.07. The second-order valence-corrected chi connectivity index (χ2v) is 8.26. The molecule has 1 fully saturated rings. The maximum absolute atomic E-state index is 12.7. The van der Waals surface area contributed by atoms with Gasteiger partial charge in [-0.1, -0.05) is 43.0 Å². The molecule has 2 aromatic rings. The Labute approximate surface area is 176 Å². The fourth-order valence-electron chi connectivity index (χ4n) is 3.46. The molecule has 0 spiro atoms. The third-order valence-electron chi connectivity index (χ3n) is 4.88. The number of H-pyrrole nitrogens is 1. The molecule has 3 N–H and O–H groups in total. The normalized spacial score (nSPS) is 22.0. The number of carbonyl (C=O) groups is 3. The molecule has 29 heavy (non-hydrogen) atoms. The van der Waals surface area contributed by atoms with E-state index in [1.165, 1.54) is 16.7 Å². The Kier molecular flexibility index (Phi) is 5.48. The quantitative estimate of drug-likeness (QED) is 0.398. The van der Waals surface area contributed by atoms with Crippen LogP contribution in [0.25, 0.3) is 0 Å². The number of rotatable bonds is 6. The van der Waals surface area contributed by atoms with E-state index in [0.29, 0.717) is 17.7 Å². The monoisotopic (exact) mass is 430 g/mol. The standard InChI is InChI=1S/C19H18N4O4S2/c24-15(11-4-2-1-3-5-11)16(25)22-13-17(26)23-14(19(27)28)12(9-29-18(13)23)6-10-7-20-21-8-10/h1-5,7-8,13,15,18,24H,6,9H2,(H,20,21)(H,22,25)(H,27,28)/t13-,15-,18-/m1/s1. The third kappa shape index (κ3) is 3.70. The van der Waals surface area contributed by atoms with Gasteiger partial charge in [-0.05, 0) is 23.1 Å². The van der Waals surface area contributed by atoms with E-state index >= 15 is 0 Å². The van der Waals surface area contributed by atoms with Crippen LogP contribution < -0.4 is 5.32 Å². The number of β-lactam (4-membered cyclic amide) rings is 1. The first kappa shape index (κ1) is 19.7. The van der Waals surface area contributed by atoms with E-state index in [2.05, 4.69) is 28.1 Å². The van der Waals surface area contributed by atoms with Gasteiger partial charge < -0.3 is 10.4 Å². The van der Waals surface area contributed by atoms with Gasteiger partial charge in [0.15, 0.2) is 6.10 Å². The number of aliphatic hydroxyl groups is 1. The third-order valence-corrected chi connectivity index (χ3v) is 6.44. The molecule has 10 heteroatoms. The van der Waals surface area contributed by atoms with Crippen molar-refractivity contribution in [2.45, 2.75) is 23.9 Å². The minimum Gasteiger partial charge on any atom is -0.378 e. The van der Waals surface area contributed by atoms with E-state index in [0.717, 1.165) is 11.1 Å². The van der Waals surface area contributed by atoms with Crippen molar-refractivity contribution in [3.05, 3.63) is 65.1 Å². The van der Waals surface area contributed by atoms with Crippen LogP contribution in [0.5, 0.6) is 0 Å². The molecule has 150 valence electrons. The molecule has 3 atom stereocenters. The van der Waals surface area contributed by atoms with Crippen molar-refractivity contribution >= 4 is 41.3 Å². The Morgan fingerprint density at radius 1 is 1.38 bits per heavy atom. The lowest BCUT2D eigenvalue weighted by Gasteiger charge is -2.50. The van der Waals surface area contributed by atoms with Crippen LogP contribution in [0.1, 0.15) is 17.2 Å². The molecule has 4 rings (SSSR count). The second-order valence-electron chi connectivity index (χ2n) is 6.75. The highest BCUT2D eigenvalue weighted by molar-refractivity contribution is 8.00. The molecule has 0 aliphatic carbocycles. The molecular weight excluding hydrogens is 412 g/mol. The number of nitrogens with one attached hydrogen (secondary N) is 2. The molecule has 3 heterocycles. The van der Waals surface area contributed by atoms with Gasteiger partial charge in [-0.15, -0.1) is 11.8 Å². The van der Waals surface area contributed by atoms with Crippen molar-refractivity contribution in [2.24, 2.45) is 0 Å². The summed E-state index contributed by atoms with van der Waals surface area (Å²) in [5.74, 6) is -0.519. The molecule has 0 saturated carbocycles. The van der Waals surface area contributed by atoms with Crippen LogP contribution in [0.3, 0.4) is 0 Å². The van der Waals surface area contributed by atoms with E-state index in [-0.39, 0.29) is 5.70 Å². The van der Waals surface area contributed by atoms with Gasteiger partial charge in [-0.2, -0.15) is 5.10 Å². The van der Waals surface area contributed by atoms with Gasteiger partial charge in [0.1, 0.15) is 11.4 Å². The number of aromatic nitrogens is 2. The largest absolute Gasteiger partial charge is 0.378 e. The minimum atomic E-state index is -1.37. The van der Waals surface area contributed by atoms with Gasteiger partial charge in [0, 0.05) is 11.9 Å². The Balaban J connectivity index is 1.49. The molecule has 8 nitrogen and oxygen atoms in total. The highest BCUT2D eigenvalue weighted by Gasteiger charge is 2.53. The average Bonchev–Trinajstić information content (AvgIpc) is 3.24. The highest BCUT2D eigenvalue weighted by Crippen LogP contribution is 2.41. The number of thioether (sulfide) groups is 1. The number of aromatic amines is 1. The lowest BCUT2D eigenvalue weighted by atomic mass is 10.00. The van der Waals surface area contributed by atoms with E-state index in [1.807, 2.05) is 0 Å². The first-order chi connectivity index (χ1) is 14.0. The summed E-state index contributed by atoms with van der Waals surface area (Å²) in [7, 11) is 0. The molecule has 0 bridgehead atoms. The van der Waals surface area contributed by atoms with Gasteiger partial charge >= 0.3 is 0 Å². The zero-order valence-corrected chi connectivity index (χ0v) is 16.8. The average molecular weight is 431 g/mol. The Bertz CT molecular complexity index is 977. The zero-order valence-electron chi connectivity index (χ0n) is 15.1. The van der Waals surface area contributed by atoms with Crippen LogP contribution in [-0.2, 0) is 20.8 Å². The number of hydrogen-bond acceptors (Lipinski definition) is 6. The number of amides is 2. The Morgan fingerprint density at radius 3 is 2.79 bits per heavy atom. The molecular formula is C19H18N4O4S2. The number of carbonyl (C=O) groups excluding carboxylic acids is 3. The van der Waals surface area contributed by atoms with Gasteiger partial charge in [0.25, 0.3) is 11.8 Å². The second kappa shape index (κ2) is 8.05. The van der Waals surface area contributed by atoms with Crippen LogP contribution in [0.4, 0.5) is 0 Å². The maximum atomic E-state index is 12.7. The summed E-state index contributed by atoms with van der Waals surface area (Å²) in [5.41, 5.74) is 2.39. The van der Waals surface area contributed by atoms with Crippen molar-refractivity contribution in [3.63, 3.8) is 0 Å². The van der Waals surface area contributed by atoms with Crippen LogP contribution in [-0.4, -0.2) is 54.3 Å². The molecule has 0 unspecified atom stereocenters. The number of hydrogen-bond donors (Lipinski definition) is 4. The van der Waals surface area contributed by atoms with Gasteiger partial charge in [-0.3, -0.25) is 24.4 Å². The van der Waals surface area contributed by atoms with Crippen LogP contribution >= 0.6 is 24.4 Å². The molecule has 1 aromatic heterocycles. The van der Waals surface area contributed by atoms with Crippen molar-refractivity contribution < 1.29 is 19.5 Å². The number of benzene rings is 1. The molecule has 1 saturated heterocycles. The number of fused-ring (bicyclic) bond motifs is 1. The summed E-state index contributed by atoms with van der Waals surface area (Å²) in [4.78, 5) is 38.7. The van der Waals surface area contributed by atoms with E-state index in [4.69, 9.17) is 0 Å². The van der Waals surface area contributed by atoms with E-state index in [1.54, 1.807) is 42.7 Å². The Morgan fingerprint density at radius 2 is 2.14 bits per heavy atom. The first-order valence-corrected chi connectivity index (χ1v) is 10.4. The summed E-state index contributed by atoms with van der Waals surface area (Å²) >= 11 is 5.41. The lowest BCUT2D eigenvalue weighted by Crippen LogP contribution is -2.70. The summed E-state index contributed by atoms with van der Waals surface area (Å²) in [6.07, 6.45) is 2.50. The maximum Gasteiger partial charge on any atom is 0.254 e. The van der Waals surface area contributed by atoms with Crippen molar-refractivity contribution in [1.29, 1.82) is 0 Å². The SMILES string of the molecule is O=C(S)C1=C(Cc2cn[nH]c2)CS[C@@H]2[C@H](NC(=O)[C@H](O)c3ccccc3)C(=O)N12. The summed E-state index contributed by atoms with van der Waals surface area (Å²) in [6.45, 7) is 0. The smallest absolute Gasteiger partial charge is 0.254 e. The molecule has 2 aliphatic heterocycles. The number of thiol groups is 1. The minimum absolute atomic E-state index is 0.261. The van der Waals surface area contributed by atoms with Gasteiger partial charge in [0.05, 0.1) is 11.9 Å². The first-order valence-electron chi connectivity index (χ1n) is 8.88. The fraction of sp³-hybridized carbons (Fsp3) is 0.263. The molecule has 0 radical (unpaired) electrons. The lowest BCUT2D eigenvalue weighted by molar-refractivity contribution is -0.148. The predicted octanol–water partition coefficient (Wildman–Crippen LogP) is 0.796. The number of aliphatic hydroxyl groups excluding tert-OH is 1. The summed E-state index contributed by atoms with van der Waals surface area (Å²) in [5, 5.41) is 18.6. The summed E-state index contributed by atoms with van der Waals surface area (Å²) < 4.78 is 0. The van der Waals surface area contributed by atoms with Crippen LogP contribution in [0.2, 0.25) is 0 Å². The van der Waals surface area contributed by atoms with Crippen LogP contribution in [0, 0.1) is 0 Å². The predicted molar refractivity (Wildman–Crippen MR) is 110 cm³/mol.